The van der Waals surface area contributed by atoms with Gasteiger partial charge < -0.3 is 14.1 Å². The fourth-order valence-electron chi connectivity index (χ4n) is 11.9. The van der Waals surface area contributed by atoms with E-state index in [1.807, 2.05) is 6.07 Å². The SMILES string of the molecule is Cc1ccccc1Oc1ccc(N(c2ccc(-c3ccccc3)cc2)c2ccc(-c3ccccc3-c3cccc4oc5ccccc5c34)cc2)cc1C1[C@H]2C[C@H]3C[C@H](C[C@H]1C3)C2. The van der Waals surface area contributed by atoms with Gasteiger partial charge >= 0.3 is 0 Å². The molecule has 0 amide bonds. The van der Waals surface area contributed by atoms with E-state index in [4.69, 9.17) is 9.15 Å². The van der Waals surface area contributed by atoms with E-state index >= 15 is 0 Å². The highest BCUT2D eigenvalue weighted by atomic mass is 16.5. The fraction of sp³-hybridized carbons (Fsp3) is 0.186. The molecular weight excluding hydrogens is 755 g/mol. The zero-order valence-electron chi connectivity index (χ0n) is 35.1. The molecule has 4 fully saturated rings. The van der Waals surface area contributed by atoms with Crippen LogP contribution in [0.1, 0.15) is 49.1 Å². The predicted molar refractivity (Wildman–Crippen MR) is 256 cm³/mol. The Morgan fingerprint density at radius 1 is 0.452 bits per heavy atom. The molecule has 3 nitrogen and oxygen atoms in total. The molecule has 0 spiro atoms. The molecule has 4 saturated carbocycles. The van der Waals surface area contributed by atoms with E-state index in [9.17, 15) is 0 Å². The molecule has 0 saturated heterocycles. The van der Waals surface area contributed by atoms with Crippen LogP contribution < -0.4 is 9.64 Å². The molecule has 13 rings (SSSR count). The molecule has 0 N–H and O–H groups in total. The van der Waals surface area contributed by atoms with Crippen LogP contribution in [0, 0.1) is 30.6 Å². The van der Waals surface area contributed by atoms with Crippen LogP contribution in [-0.2, 0) is 0 Å². The van der Waals surface area contributed by atoms with Gasteiger partial charge in [-0.25, -0.2) is 0 Å². The van der Waals surface area contributed by atoms with E-state index in [2.05, 4.69) is 194 Å². The summed E-state index contributed by atoms with van der Waals surface area (Å²) in [6, 6.07) is 67.9. The summed E-state index contributed by atoms with van der Waals surface area (Å²) in [5, 5.41) is 2.29. The zero-order valence-corrected chi connectivity index (χ0v) is 35.1. The predicted octanol–water partition coefficient (Wildman–Crippen LogP) is 16.7. The van der Waals surface area contributed by atoms with Crippen molar-refractivity contribution in [3.63, 3.8) is 0 Å². The molecule has 4 aliphatic rings. The Morgan fingerprint density at radius 3 is 1.77 bits per heavy atom. The summed E-state index contributed by atoms with van der Waals surface area (Å²) >= 11 is 0. The van der Waals surface area contributed by atoms with Gasteiger partial charge in [0.1, 0.15) is 22.7 Å². The first-order valence-corrected chi connectivity index (χ1v) is 22.5. The topological polar surface area (TPSA) is 25.6 Å². The second-order valence-electron chi connectivity index (χ2n) is 18.2. The Labute approximate surface area is 364 Å². The number of furan rings is 1. The second-order valence-corrected chi connectivity index (χ2v) is 18.2. The molecule has 0 radical (unpaired) electrons. The lowest BCUT2D eigenvalue weighted by Crippen LogP contribution is -2.43. The van der Waals surface area contributed by atoms with Crippen molar-refractivity contribution in [1.29, 1.82) is 0 Å². The van der Waals surface area contributed by atoms with Crippen molar-refractivity contribution in [1.82, 2.24) is 0 Å². The summed E-state index contributed by atoms with van der Waals surface area (Å²) in [7, 11) is 0. The van der Waals surface area contributed by atoms with Crippen LogP contribution in [0.5, 0.6) is 11.5 Å². The Kier molecular flexibility index (Phi) is 9.10. The van der Waals surface area contributed by atoms with E-state index < -0.39 is 0 Å². The fourth-order valence-corrected chi connectivity index (χ4v) is 11.9. The average Bonchev–Trinajstić information content (AvgIpc) is 3.70. The van der Waals surface area contributed by atoms with Crippen LogP contribution in [0.3, 0.4) is 0 Å². The van der Waals surface area contributed by atoms with Gasteiger partial charge in [-0.2, -0.15) is 0 Å². The number of rotatable bonds is 9. The highest BCUT2D eigenvalue weighted by molar-refractivity contribution is 6.13. The van der Waals surface area contributed by atoms with Gasteiger partial charge in [-0.15, -0.1) is 0 Å². The van der Waals surface area contributed by atoms with Gasteiger partial charge in [-0.3, -0.25) is 0 Å². The molecule has 4 bridgehead atoms. The minimum absolute atomic E-state index is 0.500. The van der Waals surface area contributed by atoms with Crippen LogP contribution in [0.2, 0.25) is 0 Å². The van der Waals surface area contributed by atoms with Crippen LogP contribution >= 0.6 is 0 Å². The van der Waals surface area contributed by atoms with Gasteiger partial charge in [0.05, 0.1) is 0 Å². The van der Waals surface area contributed by atoms with Gasteiger partial charge in [0.2, 0.25) is 0 Å². The van der Waals surface area contributed by atoms with Crippen molar-refractivity contribution in [2.45, 2.75) is 44.9 Å². The third-order valence-electron chi connectivity index (χ3n) is 14.4. The van der Waals surface area contributed by atoms with Crippen molar-refractivity contribution in [3.05, 3.63) is 199 Å². The average molecular weight is 804 g/mol. The van der Waals surface area contributed by atoms with E-state index in [1.54, 1.807) is 0 Å². The van der Waals surface area contributed by atoms with E-state index in [-0.39, 0.29) is 0 Å². The lowest BCUT2D eigenvalue weighted by molar-refractivity contribution is -0.00334. The van der Waals surface area contributed by atoms with Crippen molar-refractivity contribution < 1.29 is 9.15 Å². The third-order valence-corrected chi connectivity index (χ3v) is 14.4. The molecule has 9 aromatic rings. The highest BCUT2D eigenvalue weighted by Crippen LogP contribution is 2.61. The summed E-state index contributed by atoms with van der Waals surface area (Å²) in [4.78, 5) is 2.44. The number of hydrogen-bond acceptors (Lipinski definition) is 3. The summed E-state index contributed by atoms with van der Waals surface area (Å²) < 4.78 is 13.3. The van der Waals surface area contributed by atoms with Crippen molar-refractivity contribution in [2.24, 2.45) is 23.7 Å². The number of benzene rings is 8. The normalized spacial score (nSPS) is 20.2. The Bertz CT molecular complexity index is 3040. The molecule has 1 aromatic heterocycles. The maximum atomic E-state index is 6.94. The summed E-state index contributed by atoms with van der Waals surface area (Å²) in [6.07, 6.45) is 6.85. The number of ether oxygens (including phenoxy) is 1. The van der Waals surface area contributed by atoms with E-state index in [0.717, 1.165) is 67.9 Å². The van der Waals surface area contributed by atoms with Crippen molar-refractivity contribution in [2.75, 3.05) is 4.90 Å². The molecule has 62 heavy (non-hydrogen) atoms. The molecular formula is C59H49NO2. The minimum atomic E-state index is 0.500. The number of aryl methyl sites for hydroxylation is 1. The second kappa shape index (κ2) is 15.3. The monoisotopic (exact) mass is 803 g/mol. The van der Waals surface area contributed by atoms with Crippen molar-refractivity contribution in [3.8, 4) is 44.9 Å². The van der Waals surface area contributed by atoms with E-state index in [0.29, 0.717) is 17.8 Å². The lowest BCUT2D eigenvalue weighted by atomic mass is 9.50. The third kappa shape index (κ3) is 6.50. The van der Waals surface area contributed by atoms with Gasteiger partial charge in [-0.1, -0.05) is 127 Å². The summed E-state index contributed by atoms with van der Waals surface area (Å²) in [5.41, 5.74) is 14.9. The maximum absolute atomic E-state index is 6.94. The zero-order chi connectivity index (χ0) is 41.1. The minimum Gasteiger partial charge on any atom is -0.457 e. The summed E-state index contributed by atoms with van der Waals surface area (Å²) in [6.45, 7) is 2.15. The highest BCUT2D eigenvalue weighted by Gasteiger charge is 2.49. The number of fused-ring (bicyclic) bond motifs is 3. The first-order valence-electron chi connectivity index (χ1n) is 22.5. The smallest absolute Gasteiger partial charge is 0.136 e. The molecule has 8 aromatic carbocycles. The lowest BCUT2D eigenvalue weighted by Gasteiger charge is -2.54. The van der Waals surface area contributed by atoms with Gasteiger partial charge in [0.15, 0.2) is 0 Å². The van der Waals surface area contributed by atoms with Gasteiger partial charge in [0.25, 0.3) is 0 Å². The Morgan fingerprint density at radius 2 is 1.03 bits per heavy atom. The number of nitrogens with zero attached hydrogens (tertiary/aromatic N) is 1. The standard InChI is InChI=1S/C59H49NO2/c1-38-12-5-9-19-54(38)61-56-31-30-48(37-53(56)58-44-33-39-32-40(35-44)36-45(58)34-39)60(46-26-22-42(23-27-46)41-13-3-2-4-14-41)47-28-24-43(25-29-47)49-15-6-7-16-50(49)51-18-11-21-57-59(51)52-17-8-10-20-55(52)62-57/h2-31,37,39-40,44-45,58H,32-36H2,1H3/t39-,40+,44+,45-,58?. The maximum Gasteiger partial charge on any atom is 0.136 e. The molecule has 3 heteroatoms. The molecule has 0 unspecified atom stereocenters. The Balaban J connectivity index is 0.976. The Hall–Kier alpha value is -6.84. The van der Waals surface area contributed by atoms with E-state index in [1.165, 1.54) is 71.0 Å². The van der Waals surface area contributed by atoms with Crippen LogP contribution in [-0.4, -0.2) is 0 Å². The molecule has 0 aliphatic heterocycles. The van der Waals surface area contributed by atoms with Gasteiger partial charge in [-0.05, 0) is 168 Å². The number of anilines is 3. The molecule has 302 valence electrons. The van der Waals surface area contributed by atoms with Crippen LogP contribution in [0.15, 0.2) is 192 Å². The molecule has 4 aliphatic carbocycles. The largest absolute Gasteiger partial charge is 0.457 e. The molecule has 0 atom stereocenters. The first-order chi connectivity index (χ1) is 30.6. The van der Waals surface area contributed by atoms with Gasteiger partial charge in [0, 0.05) is 33.4 Å². The van der Waals surface area contributed by atoms with Crippen molar-refractivity contribution >= 4 is 39.0 Å². The first kappa shape index (κ1) is 37.0. The molecule has 1 heterocycles. The van der Waals surface area contributed by atoms with Crippen LogP contribution in [0.25, 0.3) is 55.3 Å². The van der Waals surface area contributed by atoms with Crippen LogP contribution in [0.4, 0.5) is 17.1 Å². The quantitative estimate of drug-likeness (QED) is 0.145. The number of para-hydroxylation sites is 2. The number of hydrogen-bond donors (Lipinski definition) is 0. The summed E-state index contributed by atoms with van der Waals surface area (Å²) in [5.74, 6) is 5.66.